The van der Waals surface area contributed by atoms with Crippen LogP contribution in [-0.4, -0.2) is 12.6 Å². The molecule has 4 aromatic carbocycles. The highest BCUT2D eigenvalue weighted by molar-refractivity contribution is 5.49. The number of ether oxygens (including phenoxy) is 1. The maximum absolute atomic E-state index is 6.87. The first-order valence-corrected chi connectivity index (χ1v) is 11.5. The van der Waals surface area contributed by atoms with Gasteiger partial charge in [0.15, 0.2) is 0 Å². The molecule has 1 aliphatic rings. The topological polar surface area (TPSA) is 12.5 Å². The van der Waals surface area contributed by atoms with Crippen LogP contribution in [0.5, 0.6) is 0 Å². The molecule has 0 unspecified atom stereocenters. The largest absolute Gasteiger partial charge is 0.365 e. The minimum Gasteiger partial charge on any atom is -0.365 e. The fourth-order valence-corrected chi connectivity index (χ4v) is 4.77. The van der Waals surface area contributed by atoms with Crippen LogP contribution in [0.3, 0.4) is 0 Å². The number of hydrogen-bond donors (Lipinski definition) is 0. The molecule has 0 spiro atoms. The van der Waals surface area contributed by atoms with Gasteiger partial charge in [-0.15, -0.1) is 0 Å². The van der Waals surface area contributed by atoms with Crippen LogP contribution < -0.4 is 4.90 Å². The van der Waals surface area contributed by atoms with Crippen LogP contribution in [0.1, 0.15) is 41.7 Å². The first-order valence-electron chi connectivity index (χ1n) is 11.5. The predicted molar refractivity (Wildman–Crippen MR) is 132 cm³/mol. The number of nitrogens with zero attached hydrogens (tertiary/aromatic N) is 1. The highest BCUT2D eigenvalue weighted by atomic mass is 16.5. The fourth-order valence-electron chi connectivity index (χ4n) is 4.77. The Morgan fingerprint density at radius 1 is 0.625 bits per heavy atom. The van der Waals surface area contributed by atoms with E-state index in [4.69, 9.17) is 4.74 Å². The third-order valence-corrected chi connectivity index (χ3v) is 6.36. The molecule has 1 saturated heterocycles. The van der Waals surface area contributed by atoms with E-state index in [0.717, 1.165) is 19.4 Å². The first-order chi connectivity index (χ1) is 15.9. The summed E-state index contributed by atoms with van der Waals surface area (Å²) in [7, 11) is 0. The second kappa shape index (κ2) is 9.84. The number of hydrogen-bond acceptors (Lipinski definition) is 2. The molecular formula is C30H29NO. The first kappa shape index (κ1) is 20.5. The molecule has 5 rings (SSSR count). The Balaban J connectivity index is 1.43. The van der Waals surface area contributed by atoms with Crippen LogP contribution >= 0.6 is 0 Å². The Kier molecular flexibility index (Phi) is 6.32. The van der Waals surface area contributed by atoms with Crippen molar-refractivity contribution >= 4 is 5.69 Å². The molecule has 4 aromatic rings. The molecule has 0 aliphatic carbocycles. The van der Waals surface area contributed by atoms with Crippen molar-refractivity contribution in [3.05, 3.63) is 138 Å². The highest BCUT2D eigenvalue weighted by Crippen LogP contribution is 2.38. The van der Waals surface area contributed by atoms with Crippen molar-refractivity contribution in [3.63, 3.8) is 0 Å². The standard InChI is InChI=1S/C30H29NO/c1-5-13-24(14-6-1)29-23-28(21-22-31(29)27-19-11-4-12-20-27)32-30(25-15-7-2-8-16-25)26-17-9-3-10-18-26/h1-20,28-30H,21-23H2/t28-,29+/m1/s1. The lowest BCUT2D eigenvalue weighted by atomic mass is 9.92. The van der Waals surface area contributed by atoms with Crippen molar-refractivity contribution in [2.75, 3.05) is 11.4 Å². The molecule has 0 N–H and O–H groups in total. The summed E-state index contributed by atoms with van der Waals surface area (Å²) in [5, 5.41) is 0. The van der Waals surface area contributed by atoms with Gasteiger partial charge in [0.2, 0.25) is 0 Å². The van der Waals surface area contributed by atoms with Gasteiger partial charge < -0.3 is 9.64 Å². The minimum absolute atomic E-state index is 0.0536. The number of benzene rings is 4. The second-order valence-electron chi connectivity index (χ2n) is 8.44. The van der Waals surface area contributed by atoms with Crippen LogP contribution in [-0.2, 0) is 4.74 Å². The summed E-state index contributed by atoms with van der Waals surface area (Å²) in [4.78, 5) is 2.54. The van der Waals surface area contributed by atoms with Crippen molar-refractivity contribution in [1.29, 1.82) is 0 Å². The summed E-state index contributed by atoms with van der Waals surface area (Å²) in [5.41, 5.74) is 5.05. The number of para-hydroxylation sites is 1. The molecule has 0 saturated carbocycles. The lowest BCUT2D eigenvalue weighted by molar-refractivity contribution is -0.0122. The molecule has 1 heterocycles. The summed E-state index contributed by atoms with van der Waals surface area (Å²) >= 11 is 0. The van der Waals surface area contributed by atoms with Gasteiger partial charge in [0.1, 0.15) is 6.10 Å². The Labute approximate surface area is 191 Å². The van der Waals surface area contributed by atoms with Crippen molar-refractivity contribution in [2.24, 2.45) is 0 Å². The SMILES string of the molecule is c1ccc(C(O[C@@H]2CCN(c3ccccc3)[C@H](c3ccccc3)C2)c2ccccc2)cc1. The number of anilines is 1. The van der Waals surface area contributed by atoms with Crippen molar-refractivity contribution in [3.8, 4) is 0 Å². The second-order valence-corrected chi connectivity index (χ2v) is 8.44. The fraction of sp³-hybridized carbons (Fsp3) is 0.200. The third-order valence-electron chi connectivity index (χ3n) is 6.36. The minimum atomic E-state index is -0.0536. The molecule has 0 aromatic heterocycles. The zero-order valence-corrected chi connectivity index (χ0v) is 18.3. The highest BCUT2D eigenvalue weighted by Gasteiger charge is 2.32. The lowest BCUT2D eigenvalue weighted by Gasteiger charge is -2.42. The lowest BCUT2D eigenvalue weighted by Crippen LogP contribution is -2.40. The van der Waals surface area contributed by atoms with Gasteiger partial charge in [0.25, 0.3) is 0 Å². The predicted octanol–water partition coefficient (Wildman–Crippen LogP) is 7.20. The number of piperidine rings is 1. The average Bonchev–Trinajstić information content (AvgIpc) is 2.89. The zero-order chi connectivity index (χ0) is 21.6. The molecule has 0 radical (unpaired) electrons. The zero-order valence-electron chi connectivity index (χ0n) is 18.3. The van der Waals surface area contributed by atoms with Crippen LogP contribution in [0.25, 0.3) is 0 Å². The van der Waals surface area contributed by atoms with Gasteiger partial charge in [-0.1, -0.05) is 109 Å². The van der Waals surface area contributed by atoms with E-state index in [-0.39, 0.29) is 12.2 Å². The summed E-state index contributed by atoms with van der Waals surface area (Å²) in [5.74, 6) is 0. The molecule has 2 heteroatoms. The van der Waals surface area contributed by atoms with Gasteiger partial charge >= 0.3 is 0 Å². The van der Waals surface area contributed by atoms with Gasteiger partial charge in [-0.25, -0.2) is 0 Å². The van der Waals surface area contributed by atoms with Crippen LogP contribution in [0, 0.1) is 0 Å². The van der Waals surface area contributed by atoms with Gasteiger partial charge in [-0.05, 0) is 41.7 Å². The maximum atomic E-state index is 6.87. The molecule has 160 valence electrons. The smallest absolute Gasteiger partial charge is 0.108 e. The molecular weight excluding hydrogens is 390 g/mol. The Morgan fingerprint density at radius 2 is 1.12 bits per heavy atom. The van der Waals surface area contributed by atoms with Gasteiger partial charge in [-0.2, -0.15) is 0 Å². The van der Waals surface area contributed by atoms with Crippen LogP contribution in [0.2, 0.25) is 0 Å². The quantitative estimate of drug-likeness (QED) is 0.327. The molecule has 0 amide bonds. The van der Waals surface area contributed by atoms with Gasteiger partial charge in [-0.3, -0.25) is 0 Å². The molecule has 1 aliphatic heterocycles. The molecule has 1 fully saturated rings. The third kappa shape index (κ3) is 4.61. The van der Waals surface area contributed by atoms with Crippen molar-refractivity contribution in [2.45, 2.75) is 31.1 Å². The molecule has 32 heavy (non-hydrogen) atoms. The Hall–Kier alpha value is -3.36. The number of rotatable bonds is 6. The van der Waals surface area contributed by atoms with E-state index < -0.39 is 0 Å². The van der Waals surface area contributed by atoms with E-state index in [1.807, 2.05) is 0 Å². The Morgan fingerprint density at radius 3 is 1.69 bits per heavy atom. The normalized spacial score (nSPS) is 18.6. The summed E-state index contributed by atoms with van der Waals surface area (Å²) in [6.45, 7) is 0.977. The van der Waals surface area contributed by atoms with Crippen LogP contribution in [0.4, 0.5) is 5.69 Å². The van der Waals surface area contributed by atoms with Crippen molar-refractivity contribution < 1.29 is 4.74 Å². The van der Waals surface area contributed by atoms with E-state index in [1.54, 1.807) is 0 Å². The van der Waals surface area contributed by atoms with E-state index >= 15 is 0 Å². The van der Waals surface area contributed by atoms with Gasteiger partial charge in [0, 0.05) is 12.2 Å². The maximum Gasteiger partial charge on any atom is 0.108 e. The van der Waals surface area contributed by atoms with Crippen molar-refractivity contribution in [1.82, 2.24) is 0 Å². The monoisotopic (exact) mass is 419 g/mol. The van der Waals surface area contributed by atoms with Gasteiger partial charge in [0.05, 0.1) is 12.1 Å². The van der Waals surface area contributed by atoms with E-state index in [9.17, 15) is 0 Å². The molecule has 2 atom stereocenters. The Bertz CT molecular complexity index is 1040. The summed E-state index contributed by atoms with van der Waals surface area (Å²) in [6.07, 6.45) is 2.11. The summed E-state index contributed by atoms with van der Waals surface area (Å²) in [6, 6.07) is 43.1. The molecule has 0 bridgehead atoms. The van der Waals surface area contributed by atoms with Crippen LogP contribution in [0.15, 0.2) is 121 Å². The summed E-state index contributed by atoms with van der Waals surface area (Å²) < 4.78 is 6.87. The average molecular weight is 420 g/mol. The van der Waals surface area contributed by atoms with E-state index in [1.165, 1.54) is 22.4 Å². The van der Waals surface area contributed by atoms with E-state index in [2.05, 4.69) is 126 Å². The molecule has 2 nitrogen and oxygen atoms in total. The van der Waals surface area contributed by atoms with E-state index in [0.29, 0.717) is 6.04 Å².